The van der Waals surface area contributed by atoms with Crippen LogP contribution in [0.5, 0.6) is 5.75 Å². The van der Waals surface area contributed by atoms with E-state index in [1.54, 1.807) is 18.2 Å². The van der Waals surface area contributed by atoms with Crippen LogP contribution >= 0.6 is 35.6 Å². The third kappa shape index (κ3) is 6.30. The van der Waals surface area contributed by atoms with Gasteiger partial charge in [-0.25, -0.2) is 0 Å². The molecular weight excluding hydrogens is 335 g/mol. The Balaban J connectivity index is 0.00000220. The van der Waals surface area contributed by atoms with Crippen molar-refractivity contribution in [1.82, 2.24) is 10.6 Å². The Labute approximate surface area is 140 Å². The second-order valence-corrected chi connectivity index (χ2v) is 5.60. The van der Waals surface area contributed by atoms with Crippen LogP contribution in [0.4, 0.5) is 0 Å². The number of piperidine rings is 1. The smallest absolute Gasteiger partial charge is 0.223 e. The van der Waals surface area contributed by atoms with Crippen molar-refractivity contribution in [1.29, 1.82) is 0 Å². The molecule has 0 unspecified atom stereocenters. The molecule has 7 heteroatoms. The van der Waals surface area contributed by atoms with Gasteiger partial charge in [0, 0.05) is 18.7 Å². The number of carbonyl (C=O) groups excluding carboxylic acids is 1. The highest BCUT2D eigenvalue weighted by Crippen LogP contribution is 2.26. The van der Waals surface area contributed by atoms with E-state index < -0.39 is 0 Å². The number of hydrogen-bond donors (Lipinski definition) is 2. The van der Waals surface area contributed by atoms with Gasteiger partial charge < -0.3 is 15.4 Å². The minimum absolute atomic E-state index is 0. The number of carbonyl (C=O) groups is 1. The zero-order chi connectivity index (χ0) is 14.4. The third-order valence-corrected chi connectivity index (χ3v) is 3.89. The molecule has 1 aliphatic heterocycles. The molecule has 21 heavy (non-hydrogen) atoms. The highest BCUT2D eigenvalue weighted by Gasteiger charge is 2.15. The quantitative estimate of drug-likeness (QED) is 0.855. The van der Waals surface area contributed by atoms with Gasteiger partial charge in [-0.2, -0.15) is 0 Å². The molecule has 0 spiro atoms. The summed E-state index contributed by atoms with van der Waals surface area (Å²) in [6.07, 6.45) is 2.47. The Kier molecular flexibility index (Phi) is 8.19. The Hall–Kier alpha value is -0.680. The molecule has 0 bridgehead atoms. The molecule has 2 N–H and O–H groups in total. The van der Waals surface area contributed by atoms with E-state index in [0.29, 0.717) is 28.8 Å². The van der Waals surface area contributed by atoms with Crippen molar-refractivity contribution in [3.8, 4) is 5.75 Å². The van der Waals surface area contributed by atoms with E-state index in [2.05, 4.69) is 10.6 Å². The summed E-state index contributed by atoms with van der Waals surface area (Å²) in [6, 6.07) is 5.29. The van der Waals surface area contributed by atoms with Gasteiger partial charge in [0.05, 0.1) is 23.1 Å². The molecule has 118 valence electrons. The average molecular weight is 354 g/mol. The summed E-state index contributed by atoms with van der Waals surface area (Å²) >= 11 is 11.7. The maximum absolute atomic E-state index is 11.8. The van der Waals surface area contributed by atoms with Gasteiger partial charge in [0.15, 0.2) is 0 Å². The lowest BCUT2D eigenvalue weighted by Gasteiger charge is -2.23. The fourth-order valence-electron chi connectivity index (χ4n) is 2.10. The Morgan fingerprint density at radius 2 is 2.19 bits per heavy atom. The lowest BCUT2D eigenvalue weighted by Crippen LogP contribution is -2.45. The van der Waals surface area contributed by atoms with Crippen molar-refractivity contribution in [2.45, 2.75) is 25.3 Å². The molecule has 4 nitrogen and oxygen atoms in total. The van der Waals surface area contributed by atoms with Gasteiger partial charge in [-0.1, -0.05) is 23.2 Å². The van der Waals surface area contributed by atoms with Crippen LogP contribution in [0.2, 0.25) is 10.0 Å². The molecule has 0 saturated carbocycles. The van der Waals surface area contributed by atoms with Crippen LogP contribution in [-0.2, 0) is 4.79 Å². The van der Waals surface area contributed by atoms with Crippen LogP contribution in [0.25, 0.3) is 0 Å². The van der Waals surface area contributed by atoms with E-state index in [-0.39, 0.29) is 24.4 Å². The number of amides is 1. The van der Waals surface area contributed by atoms with Gasteiger partial charge in [-0.15, -0.1) is 12.4 Å². The summed E-state index contributed by atoms with van der Waals surface area (Å²) in [5, 5.41) is 7.19. The minimum atomic E-state index is 0. The second kappa shape index (κ2) is 9.36. The minimum Gasteiger partial charge on any atom is -0.493 e. The Morgan fingerprint density at radius 1 is 1.38 bits per heavy atom. The molecule has 1 fully saturated rings. The lowest BCUT2D eigenvalue weighted by molar-refractivity contribution is -0.122. The molecule has 1 aromatic rings. The number of halogens is 3. The molecule has 1 saturated heterocycles. The van der Waals surface area contributed by atoms with Crippen molar-refractivity contribution in [3.63, 3.8) is 0 Å². The van der Waals surface area contributed by atoms with Crippen LogP contribution in [0.15, 0.2) is 18.2 Å². The maximum atomic E-state index is 11.8. The van der Waals surface area contributed by atoms with Gasteiger partial charge in [0.1, 0.15) is 5.75 Å². The zero-order valence-electron chi connectivity index (χ0n) is 11.5. The van der Waals surface area contributed by atoms with Gasteiger partial charge in [0.25, 0.3) is 0 Å². The second-order valence-electron chi connectivity index (χ2n) is 4.79. The molecule has 0 aromatic heterocycles. The zero-order valence-corrected chi connectivity index (χ0v) is 13.9. The van der Waals surface area contributed by atoms with Crippen molar-refractivity contribution < 1.29 is 9.53 Å². The highest BCUT2D eigenvalue weighted by atomic mass is 35.5. The van der Waals surface area contributed by atoms with E-state index in [1.165, 1.54) is 0 Å². The summed E-state index contributed by atoms with van der Waals surface area (Å²) in [6.45, 7) is 2.20. The molecular formula is C14H19Cl3N2O2. The monoisotopic (exact) mass is 352 g/mol. The third-order valence-electron chi connectivity index (χ3n) is 3.15. The number of benzene rings is 1. The van der Waals surface area contributed by atoms with Gasteiger partial charge in [-0.05, 0) is 31.5 Å². The van der Waals surface area contributed by atoms with Crippen LogP contribution in [0.3, 0.4) is 0 Å². The first-order valence-corrected chi connectivity index (χ1v) is 7.48. The van der Waals surface area contributed by atoms with Gasteiger partial charge in [-0.3, -0.25) is 4.79 Å². The predicted octanol–water partition coefficient (Wildman–Crippen LogP) is 3.05. The van der Waals surface area contributed by atoms with E-state index >= 15 is 0 Å². The van der Waals surface area contributed by atoms with Gasteiger partial charge in [0.2, 0.25) is 5.91 Å². The van der Waals surface area contributed by atoms with Crippen LogP contribution in [0, 0.1) is 0 Å². The van der Waals surface area contributed by atoms with Crippen LogP contribution in [0.1, 0.15) is 19.3 Å². The standard InChI is InChI=1S/C14H18Cl2N2O2.ClH/c15-12-4-3-11(8-13(12)16)20-7-5-14(19)18-10-2-1-6-17-9-10;/h3-4,8,10,17H,1-2,5-7,9H2,(H,18,19);1H/t10-;/m0./s1. The van der Waals surface area contributed by atoms with E-state index in [1.807, 2.05) is 0 Å². The summed E-state index contributed by atoms with van der Waals surface area (Å²) in [5.74, 6) is 0.630. The molecule has 1 heterocycles. The topological polar surface area (TPSA) is 50.4 Å². The van der Waals surface area contributed by atoms with Crippen molar-refractivity contribution in [2.24, 2.45) is 0 Å². The maximum Gasteiger partial charge on any atom is 0.223 e. The van der Waals surface area contributed by atoms with Crippen LogP contribution < -0.4 is 15.4 Å². The normalized spacial score (nSPS) is 17.7. The lowest BCUT2D eigenvalue weighted by atomic mass is 10.1. The molecule has 0 radical (unpaired) electrons. The van der Waals surface area contributed by atoms with Crippen molar-refractivity contribution >= 4 is 41.5 Å². The average Bonchev–Trinajstić information content (AvgIpc) is 2.44. The Bertz CT molecular complexity index is 466. The van der Waals surface area contributed by atoms with E-state index in [9.17, 15) is 4.79 Å². The summed E-state index contributed by atoms with van der Waals surface area (Å²) < 4.78 is 5.48. The van der Waals surface area contributed by atoms with Crippen molar-refractivity contribution in [3.05, 3.63) is 28.2 Å². The van der Waals surface area contributed by atoms with Crippen molar-refractivity contribution in [2.75, 3.05) is 19.7 Å². The predicted molar refractivity (Wildman–Crippen MR) is 87.9 cm³/mol. The first-order chi connectivity index (χ1) is 9.65. The molecule has 1 amide bonds. The Morgan fingerprint density at radius 3 is 2.86 bits per heavy atom. The molecule has 0 aliphatic carbocycles. The number of hydrogen-bond acceptors (Lipinski definition) is 3. The summed E-state index contributed by atoms with van der Waals surface area (Å²) in [7, 11) is 0. The first kappa shape index (κ1) is 18.4. The molecule has 2 rings (SSSR count). The molecule has 1 aromatic carbocycles. The SMILES string of the molecule is Cl.O=C(CCOc1ccc(Cl)c(Cl)c1)N[C@H]1CCCNC1. The van der Waals surface area contributed by atoms with E-state index in [0.717, 1.165) is 25.9 Å². The highest BCUT2D eigenvalue weighted by molar-refractivity contribution is 6.42. The largest absolute Gasteiger partial charge is 0.493 e. The molecule has 1 atom stereocenters. The first-order valence-electron chi connectivity index (χ1n) is 6.73. The van der Waals surface area contributed by atoms with Crippen LogP contribution in [-0.4, -0.2) is 31.6 Å². The van der Waals surface area contributed by atoms with E-state index in [4.69, 9.17) is 27.9 Å². The number of ether oxygens (including phenoxy) is 1. The van der Waals surface area contributed by atoms with Gasteiger partial charge >= 0.3 is 0 Å². The number of rotatable bonds is 5. The molecule has 1 aliphatic rings. The number of nitrogens with one attached hydrogen (secondary N) is 2. The summed E-state index contributed by atoms with van der Waals surface area (Å²) in [5.41, 5.74) is 0. The fourth-order valence-corrected chi connectivity index (χ4v) is 2.39. The fraction of sp³-hybridized carbons (Fsp3) is 0.500. The summed E-state index contributed by atoms with van der Waals surface area (Å²) in [4.78, 5) is 11.8.